The van der Waals surface area contributed by atoms with E-state index in [1.54, 1.807) is 6.07 Å². The third-order valence-corrected chi connectivity index (χ3v) is 0.905. The molecule has 1 aromatic rings. The van der Waals surface area contributed by atoms with Crippen LogP contribution in [-0.4, -0.2) is 5.91 Å². The first-order valence-electron chi connectivity index (χ1n) is 2.42. The van der Waals surface area contributed by atoms with Crippen molar-refractivity contribution in [2.24, 2.45) is 5.73 Å². The summed E-state index contributed by atoms with van der Waals surface area (Å²) in [5.74, 6) is 0.0358. The Hall–Kier alpha value is -1.25. The molecule has 1 aromatic heterocycles. The van der Waals surface area contributed by atoms with Gasteiger partial charge in [0.1, 0.15) is 5.76 Å². The van der Waals surface area contributed by atoms with Crippen LogP contribution in [0.15, 0.2) is 16.5 Å². The van der Waals surface area contributed by atoms with Crippen LogP contribution in [0.2, 0.25) is 0 Å². The SMILES string of the molecule is [CH2]c1ccc(C(N)=O)o1. The van der Waals surface area contributed by atoms with Crippen molar-refractivity contribution in [3.05, 3.63) is 30.6 Å². The molecular formula is C6H6NO2. The van der Waals surface area contributed by atoms with E-state index < -0.39 is 5.91 Å². The molecule has 0 atom stereocenters. The number of rotatable bonds is 1. The lowest BCUT2D eigenvalue weighted by molar-refractivity contribution is 0.0973. The van der Waals surface area contributed by atoms with Crippen molar-refractivity contribution in [2.45, 2.75) is 0 Å². The number of primary amides is 1. The summed E-state index contributed by atoms with van der Waals surface area (Å²) in [6, 6.07) is 3.07. The first-order chi connectivity index (χ1) is 4.20. The molecule has 0 aliphatic carbocycles. The molecule has 2 N–H and O–H groups in total. The Bertz CT molecular complexity index is 227. The van der Waals surface area contributed by atoms with Crippen LogP contribution in [0.3, 0.4) is 0 Å². The highest BCUT2D eigenvalue weighted by Crippen LogP contribution is 2.03. The highest BCUT2D eigenvalue weighted by Gasteiger charge is 2.02. The molecule has 0 unspecified atom stereocenters. The van der Waals surface area contributed by atoms with Gasteiger partial charge in [-0.3, -0.25) is 4.79 Å². The van der Waals surface area contributed by atoms with Crippen LogP contribution in [0, 0.1) is 6.92 Å². The fourth-order valence-electron chi connectivity index (χ4n) is 0.510. The molecular weight excluding hydrogens is 118 g/mol. The number of carbonyl (C=O) groups excluding carboxylic acids is 1. The molecule has 1 amide bonds. The lowest BCUT2D eigenvalue weighted by atomic mass is 10.4. The average molecular weight is 124 g/mol. The Balaban J connectivity index is 2.98. The van der Waals surface area contributed by atoms with Crippen LogP contribution in [0.4, 0.5) is 0 Å². The summed E-state index contributed by atoms with van der Waals surface area (Å²) in [6.45, 7) is 3.45. The fraction of sp³-hybridized carbons (Fsp3) is 0. The molecule has 3 heteroatoms. The Kier molecular flexibility index (Phi) is 1.26. The fourth-order valence-corrected chi connectivity index (χ4v) is 0.510. The van der Waals surface area contributed by atoms with Crippen LogP contribution >= 0.6 is 0 Å². The number of furan rings is 1. The van der Waals surface area contributed by atoms with E-state index in [1.807, 2.05) is 0 Å². The lowest BCUT2D eigenvalue weighted by Crippen LogP contribution is -2.09. The number of carbonyl (C=O) groups is 1. The Morgan fingerprint density at radius 3 is 2.56 bits per heavy atom. The van der Waals surface area contributed by atoms with Gasteiger partial charge in [0.15, 0.2) is 5.76 Å². The molecule has 0 saturated carbocycles. The summed E-state index contributed by atoms with van der Waals surface area (Å²) in [5.41, 5.74) is 4.87. The normalized spacial score (nSPS) is 9.44. The third kappa shape index (κ3) is 1.10. The second-order valence-corrected chi connectivity index (χ2v) is 1.63. The molecule has 0 aromatic carbocycles. The van der Waals surface area contributed by atoms with Gasteiger partial charge in [-0.2, -0.15) is 0 Å². The van der Waals surface area contributed by atoms with Gasteiger partial charge in [-0.15, -0.1) is 0 Å². The van der Waals surface area contributed by atoms with E-state index in [0.717, 1.165) is 0 Å². The molecule has 9 heavy (non-hydrogen) atoms. The standard InChI is InChI=1S/C6H6NO2/c1-4-2-3-5(9-4)6(7)8/h2-3H,1H2,(H2,7,8). The summed E-state index contributed by atoms with van der Waals surface area (Å²) in [7, 11) is 0. The molecule has 1 heterocycles. The third-order valence-electron chi connectivity index (χ3n) is 0.905. The van der Waals surface area contributed by atoms with Gasteiger partial charge < -0.3 is 10.2 Å². The number of amides is 1. The number of nitrogens with two attached hydrogens (primary N) is 1. The number of hydrogen-bond acceptors (Lipinski definition) is 2. The maximum atomic E-state index is 10.3. The lowest BCUT2D eigenvalue weighted by Gasteiger charge is -1.83. The van der Waals surface area contributed by atoms with Gasteiger partial charge in [0.2, 0.25) is 0 Å². The molecule has 0 fully saturated rings. The summed E-state index contributed by atoms with van der Waals surface area (Å²) in [4.78, 5) is 10.3. The monoisotopic (exact) mass is 124 g/mol. The summed E-state index contributed by atoms with van der Waals surface area (Å²) < 4.78 is 4.76. The van der Waals surface area contributed by atoms with Crippen LogP contribution in [0.5, 0.6) is 0 Å². The predicted molar refractivity (Wildman–Crippen MR) is 31.7 cm³/mol. The van der Waals surface area contributed by atoms with Gasteiger partial charge in [0, 0.05) is 6.92 Å². The summed E-state index contributed by atoms with van der Waals surface area (Å²) in [5, 5.41) is 0. The molecule has 0 aliphatic heterocycles. The van der Waals surface area contributed by atoms with E-state index in [1.165, 1.54) is 6.07 Å². The zero-order chi connectivity index (χ0) is 6.85. The van der Waals surface area contributed by atoms with Gasteiger partial charge in [-0.05, 0) is 12.1 Å². The highest BCUT2D eigenvalue weighted by atomic mass is 16.3. The van der Waals surface area contributed by atoms with E-state index >= 15 is 0 Å². The maximum absolute atomic E-state index is 10.3. The van der Waals surface area contributed by atoms with Gasteiger partial charge in [0.05, 0.1) is 0 Å². The second kappa shape index (κ2) is 1.93. The smallest absolute Gasteiger partial charge is 0.284 e. The summed E-state index contributed by atoms with van der Waals surface area (Å²) >= 11 is 0. The van der Waals surface area contributed by atoms with Crippen LogP contribution in [0.25, 0.3) is 0 Å². The van der Waals surface area contributed by atoms with Crippen molar-refractivity contribution in [3.8, 4) is 0 Å². The van der Waals surface area contributed by atoms with Crippen LogP contribution in [-0.2, 0) is 0 Å². The Morgan fingerprint density at radius 1 is 1.67 bits per heavy atom. The van der Waals surface area contributed by atoms with Crippen LogP contribution in [0.1, 0.15) is 16.3 Å². The minimum Gasteiger partial charge on any atom is -0.456 e. The zero-order valence-corrected chi connectivity index (χ0v) is 4.76. The second-order valence-electron chi connectivity index (χ2n) is 1.63. The van der Waals surface area contributed by atoms with E-state index in [-0.39, 0.29) is 5.76 Å². The van der Waals surface area contributed by atoms with Gasteiger partial charge in [0.25, 0.3) is 5.91 Å². The molecule has 0 spiro atoms. The van der Waals surface area contributed by atoms with E-state index in [4.69, 9.17) is 10.2 Å². The van der Waals surface area contributed by atoms with Crippen LogP contribution < -0.4 is 5.73 Å². The molecule has 0 saturated heterocycles. The van der Waals surface area contributed by atoms with Gasteiger partial charge in [-0.25, -0.2) is 0 Å². The molecule has 0 bridgehead atoms. The first-order valence-corrected chi connectivity index (χ1v) is 2.42. The number of hydrogen-bond donors (Lipinski definition) is 1. The van der Waals surface area contributed by atoms with Crippen molar-refractivity contribution in [1.82, 2.24) is 0 Å². The van der Waals surface area contributed by atoms with Crippen molar-refractivity contribution >= 4 is 5.91 Å². The molecule has 1 radical (unpaired) electrons. The van der Waals surface area contributed by atoms with E-state index in [2.05, 4.69) is 6.92 Å². The largest absolute Gasteiger partial charge is 0.456 e. The van der Waals surface area contributed by atoms with Crippen molar-refractivity contribution in [3.63, 3.8) is 0 Å². The average Bonchev–Trinajstić information content (AvgIpc) is 2.14. The van der Waals surface area contributed by atoms with E-state index in [9.17, 15) is 4.79 Å². The molecule has 47 valence electrons. The highest BCUT2D eigenvalue weighted by molar-refractivity contribution is 5.89. The van der Waals surface area contributed by atoms with Crippen molar-refractivity contribution in [2.75, 3.05) is 0 Å². The minimum atomic E-state index is -0.565. The Morgan fingerprint density at radius 2 is 2.33 bits per heavy atom. The minimum absolute atomic E-state index is 0.153. The van der Waals surface area contributed by atoms with Crippen molar-refractivity contribution in [1.29, 1.82) is 0 Å². The van der Waals surface area contributed by atoms with Crippen molar-refractivity contribution < 1.29 is 9.21 Å². The van der Waals surface area contributed by atoms with Gasteiger partial charge in [-0.1, -0.05) is 0 Å². The first kappa shape index (κ1) is 5.88. The van der Waals surface area contributed by atoms with Gasteiger partial charge >= 0.3 is 0 Å². The molecule has 0 aliphatic rings. The quantitative estimate of drug-likeness (QED) is 0.594. The molecule has 1 rings (SSSR count). The summed E-state index contributed by atoms with van der Waals surface area (Å²) in [6.07, 6.45) is 0. The predicted octanol–water partition coefficient (Wildman–Crippen LogP) is 0.561. The molecule has 3 nitrogen and oxygen atoms in total. The Labute approximate surface area is 52.5 Å². The topological polar surface area (TPSA) is 56.2 Å². The zero-order valence-electron chi connectivity index (χ0n) is 4.76. The maximum Gasteiger partial charge on any atom is 0.284 e. The van der Waals surface area contributed by atoms with E-state index in [0.29, 0.717) is 5.76 Å².